The first-order valence-electron chi connectivity index (χ1n) is 11.7. The van der Waals surface area contributed by atoms with E-state index in [1.54, 1.807) is 6.92 Å². The van der Waals surface area contributed by atoms with Gasteiger partial charge in [0.25, 0.3) is 0 Å². The number of Topliss-reactive ketones (excluding diaryl/α,β-unsaturated/α-hetero) is 1. The molecular weight excluding hydrogens is 488 g/mol. The fourth-order valence-electron chi connectivity index (χ4n) is 4.52. The maximum absolute atomic E-state index is 12.4. The Hall–Kier alpha value is -2.34. The van der Waals surface area contributed by atoms with Gasteiger partial charge in [0, 0.05) is 30.5 Å². The van der Waals surface area contributed by atoms with E-state index in [0.29, 0.717) is 24.8 Å². The van der Waals surface area contributed by atoms with Crippen LogP contribution in [-0.4, -0.2) is 70.5 Å². The van der Waals surface area contributed by atoms with Crippen molar-refractivity contribution >= 4 is 61.1 Å². The maximum Gasteiger partial charge on any atom is 0.327 e. The van der Waals surface area contributed by atoms with Gasteiger partial charge in [-0.15, -0.1) is 11.3 Å². The Bertz CT molecular complexity index is 1300. The van der Waals surface area contributed by atoms with E-state index in [2.05, 4.69) is 28.7 Å². The summed E-state index contributed by atoms with van der Waals surface area (Å²) in [4.78, 5) is 42.0. The number of ether oxygens (including phenoxy) is 3. The largest absolute Gasteiger partial charge is 0.465 e. The fraction of sp³-hybridized carbons (Fsp3) is 0.542. The van der Waals surface area contributed by atoms with Crippen molar-refractivity contribution in [2.75, 3.05) is 37.8 Å². The van der Waals surface area contributed by atoms with Crippen molar-refractivity contribution in [3.8, 4) is 0 Å². The van der Waals surface area contributed by atoms with Crippen LogP contribution in [0.2, 0.25) is 0 Å². The first-order chi connectivity index (χ1) is 16.8. The second kappa shape index (κ2) is 9.61. The summed E-state index contributed by atoms with van der Waals surface area (Å²) in [6, 6.07) is 0. The van der Waals surface area contributed by atoms with Gasteiger partial charge < -0.3 is 19.1 Å². The van der Waals surface area contributed by atoms with Gasteiger partial charge in [-0.1, -0.05) is 11.8 Å². The second-order valence-corrected chi connectivity index (χ2v) is 11.3. The summed E-state index contributed by atoms with van der Waals surface area (Å²) >= 11 is 2.61. The first kappa shape index (κ1) is 24.4. The molecule has 1 fully saturated rings. The molecule has 0 spiro atoms. The highest BCUT2D eigenvalue weighted by Gasteiger charge is 2.34. The number of fused-ring (bicyclic) bond motifs is 5. The lowest BCUT2D eigenvalue weighted by Gasteiger charge is -2.36. The number of rotatable bonds is 6. The highest BCUT2D eigenvalue weighted by molar-refractivity contribution is 8.01. The molecule has 0 saturated carbocycles. The number of thiophene rings is 1. The summed E-state index contributed by atoms with van der Waals surface area (Å²) in [7, 11) is 0. The van der Waals surface area contributed by atoms with Crippen molar-refractivity contribution < 1.29 is 23.8 Å². The van der Waals surface area contributed by atoms with Crippen molar-refractivity contribution in [3.05, 3.63) is 17.5 Å². The number of carbonyl (C=O) groups excluding carboxylic acids is 2. The average Bonchev–Trinajstić information content (AvgIpc) is 3.21. The minimum absolute atomic E-state index is 0.212. The highest BCUT2D eigenvalue weighted by Crippen LogP contribution is 2.45. The molecule has 186 valence electrons. The van der Waals surface area contributed by atoms with Crippen molar-refractivity contribution in [2.45, 2.75) is 56.6 Å². The third kappa shape index (κ3) is 4.62. The van der Waals surface area contributed by atoms with Crippen molar-refractivity contribution in [2.24, 2.45) is 0 Å². The number of nitrogens with zero attached hydrogens (tertiary/aromatic N) is 4. The molecule has 35 heavy (non-hydrogen) atoms. The van der Waals surface area contributed by atoms with Crippen LogP contribution in [0.3, 0.4) is 0 Å². The Balaban J connectivity index is 1.68. The molecule has 0 aromatic carbocycles. The summed E-state index contributed by atoms with van der Waals surface area (Å²) in [5.41, 5.74) is 2.77. The van der Waals surface area contributed by atoms with Crippen LogP contribution in [-0.2, 0) is 36.8 Å². The van der Waals surface area contributed by atoms with Gasteiger partial charge in [-0.2, -0.15) is 0 Å². The number of carbonyl (C=O) groups is 2. The number of anilines is 1. The van der Waals surface area contributed by atoms with Crippen LogP contribution in [0.25, 0.3) is 20.4 Å². The minimum Gasteiger partial charge on any atom is -0.465 e. The van der Waals surface area contributed by atoms with Crippen LogP contribution in [0.5, 0.6) is 0 Å². The Kier molecular flexibility index (Phi) is 6.69. The van der Waals surface area contributed by atoms with Crippen molar-refractivity contribution in [1.82, 2.24) is 15.0 Å². The predicted molar refractivity (Wildman–Crippen MR) is 135 cm³/mol. The average molecular weight is 517 g/mol. The summed E-state index contributed by atoms with van der Waals surface area (Å²) in [5, 5.41) is 0.615. The van der Waals surface area contributed by atoms with E-state index < -0.39 is 11.2 Å². The lowest BCUT2D eigenvalue weighted by Crippen LogP contribution is -2.39. The molecule has 0 aliphatic carbocycles. The van der Waals surface area contributed by atoms with Gasteiger partial charge in [0.15, 0.2) is 11.0 Å². The highest BCUT2D eigenvalue weighted by atomic mass is 32.2. The van der Waals surface area contributed by atoms with Gasteiger partial charge in [-0.05, 0) is 33.3 Å². The number of aromatic nitrogens is 3. The van der Waals surface area contributed by atoms with Crippen LogP contribution in [0.4, 0.5) is 5.82 Å². The van der Waals surface area contributed by atoms with Crippen LogP contribution >= 0.6 is 23.1 Å². The van der Waals surface area contributed by atoms with Crippen LogP contribution < -0.4 is 4.90 Å². The number of esters is 1. The summed E-state index contributed by atoms with van der Waals surface area (Å²) < 4.78 is 17.7. The quantitative estimate of drug-likeness (QED) is 0.209. The third-order valence-corrected chi connectivity index (χ3v) is 8.69. The van der Waals surface area contributed by atoms with Gasteiger partial charge >= 0.3 is 5.97 Å². The van der Waals surface area contributed by atoms with Gasteiger partial charge in [0.2, 0.25) is 0 Å². The normalized spacial score (nSPS) is 18.5. The topological polar surface area (TPSA) is 104 Å². The molecular formula is C24H28N4O5S2. The number of hydrogen-bond acceptors (Lipinski definition) is 11. The first-order valence-corrected chi connectivity index (χ1v) is 13.4. The van der Waals surface area contributed by atoms with Crippen molar-refractivity contribution in [3.63, 3.8) is 0 Å². The van der Waals surface area contributed by atoms with Gasteiger partial charge in [-0.25, -0.2) is 15.0 Å². The Morgan fingerprint density at radius 3 is 2.74 bits per heavy atom. The van der Waals surface area contributed by atoms with E-state index in [1.807, 2.05) is 0 Å². The number of pyridine rings is 1. The lowest BCUT2D eigenvalue weighted by atomic mass is 9.90. The minimum atomic E-state index is -0.976. The Labute approximate surface area is 211 Å². The Morgan fingerprint density at radius 1 is 1.26 bits per heavy atom. The summed E-state index contributed by atoms with van der Waals surface area (Å²) in [6.45, 7) is 10.9. The van der Waals surface area contributed by atoms with E-state index in [9.17, 15) is 9.59 Å². The smallest absolute Gasteiger partial charge is 0.327 e. The number of ketones is 1. The van der Waals surface area contributed by atoms with Gasteiger partial charge in [0.1, 0.15) is 22.0 Å². The van der Waals surface area contributed by atoms with E-state index in [4.69, 9.17) is 19.2 Å². The number of morpholine rings is 1. The molecule has 3 aromatic rings. The lowest BCUT2D eigenvalue weighted by molar-refractivity contribution is -0.144. The monoisotopic (exact) mass is 516 g/mol. The van der Waals surface area contributed by atoms with Gasteiger partial charge in [-0.3, -0.25) is 9.59 Å². The van der Waals surface area contributed by atoms with Gasteiger partial charge in [0.05, 0.1) is 42.2 Å². The molecule has 0 unspecified atom stereocenters. The zero-order valence-corrected chi connectivity index (χ0v) is 21.9. The molecule has 1 saturated heterocycles. The fourth-order valence-corrected chi connectivity index (χ4v) is 6.69. The van der Waals surface area contributed by atoms with Crippen molar-refractivity contribution in [1.29, 1.82) is 0 Å². The van der Waals surface area contributed by atoms with Crippen LogP contribution in [0.15, 0.2) is 11.4 Å². The van der Waals surface area contributed by atoms with E-state index in [-0.39, 0.29) is 18.0 Å². The molecule has 0 amide bonds. The molecule has 0 bridgehead atoms. The summed E-state index contributed by atoms with van der Waals surface area (Å²) in [6.07, 6.45) is 2.22. The molecule has 2 aliphatic heterocycles. The molecule has 11 heteroatoms. The zero-order valence-electron chi connectivity index (χ0n) is 20.3. The molecule has 5 rings (SSSR count). The predicted octanol–water partition coefficient (Wildman–Crippen LogP) is 3.54. The molecule has 2 aliphatic rings. The maximum atomic E-state index is 12.4. The number of hydrogen-bond donors (Lipinski definition) is 0. The molecule has 5 heterocycles. The summed E-state index contributed by atoms with van der Waals surface area (Å²) in [5.74, 6) is 0.111. The molecule has 9 nitrogen and oxygen atoms in total. The molecule has 3 aromatic heterocycles. The third-order valence-electron chi connectivity index (χ3n) is 6.18. The van der Waals surface area contributed by atoms with E-state index in [0.717, 1.165) is 63.1 Å². The van der Waals surface area contributed by atoms with Crippen LogP contribution in [0, 0.1) is 0 Å². The van der Waals surface area contributed by atoms with Crippen LogP contribution in [0.1, 0.15) is 38.8 Å². The second-order valence-electron chi connectivity index (χ2n) is 9.22. The zero-order chi connectivity index (χ0) is 24.7. The molecule has 0 N–H and O–H groups in total. The van der Waals surface area contributed by atoms with E-state index >= 15 is 0 Å². The standard InChI is InChI=1S/C24H28N4O5S2/c1-5-32-23(30)18(13(2)29)34-22-19-17(25-12-26-22)16-14-10-24(3,4)33-11-15(14)20(27-21(16)35-19)28-6-8-31-9-7-28/h12,18H,5-11H2,1-4H3/t18-/m0/s1. The SMILES string of the molecule is CCOC(=O)[C@@H](Sc1ncnc2c1sc1nc(N3CCOCC3)c3c(c12)CC(C)(C)OC3)C(C)=O. The van der Waals surface area contributed by atoms with E-state index in [1.165, 1.54) is 30.2 Å². The molecule has 0 radical (unpaired) electrons. The molecule has 1 atom stereocenters. The number of thioether (sulfide) groups is 1. The Morgan fingerprint density at radius 2 is 2.03 bits per heavy atom.